The van der Waals surface area contributed by atoms with Crippen molar-refractivity contribution in [2.24, 2.45) is 0 Å². The van der Waals surface area contributed by atoms with E-state index in [1.807, 2.05) is 0 Å². The van der Waals surface area contributed by atoms with E-state index in [0.29, 0.717) is 17.0 Å². The van der Waals surface area contributed by atoms with Gasteiger partial charge in [0.05, 0.1) is 6.54 Å². The van der Waals surface area contributed by atoms with Crippen molar-refractivity contribution in [3.63, 3.8) is 0 Å². The highest BCUT2D eigenvalue weighted by atomic mass is 16.5. The highest BCUT2D eigenvalue weighted by molar-refractivity contribution is 5.93. The minimum Gasteiger partial charge on any atom is -0.343 e. The van der Waals surface area contributed by atoms with Crippen LogP contribution in [0.2, 0.25) is 0 Å². The van der Waals surface area contributed by atoms with E-state index in [1.165, 1.54) is 24.7 Å². The number of pyridine rings is 2. The van der Waals surface area contributed by atoms with Crippen molar-refractivity contribution in [2.45, 2.75) is 6.54 Å². The van der Waals surface area contributed by atoms with E-state index in [9.17, 15) is 9.59 Å². The van der Waals surface area contributed by atoms with Crippen LogP contribution < -0.4 is 10.9 Å². The van der Waals surface area contributed by atoms with Crippen LogP contribution in [0.15, 0.2) is 52.2 Å². The summed E-state index contributed by atoms with van der Waals surface area (Å²) in [4.78, 5) is 33.6. The van der Waals surface area contributed by atoms with Gasteiger partial charge < -0.3 is 14.8 Å². The number of aromatic nitrogens is 4. The summed E-state index contributed by atoms with van der Waals surface area (Å²) in [5.74, 6) is 0.273. The van der Waals surface area contributed by atoms with Gasteiger partial charge in [-0.15, -0.1) is 0 Å². The molecule has 22 heavy (non-hydrogen) atoms. The normalized spacial score (nSPS) is 10.4. The summed E-state index contributed by atoms with van der Waals surface area (Å²) < 4.78 is 5.04. The minimum atomic E-state index is -0.265. The van der Waals surface area contributed by atoms with E-state index in [4.69, 9.17) is 4.52 Å². The van der Waals surface area contributed by atoms with Crippen molar-refractivity contribution in [1.29, 1.82) is 0 Å². The van der Waals surface area contributed by atoms with Gasteiger partial charge in [-0.05, 0) is 18.2 Å². The number of aromatic amines is 1. The fraction of sp³-hybridized carbons (Fsp3) is 0.0714. The van der Waals surface area contributed by atoms with Crippen LogP contribution in [0.25, 0.3) is 11.4 Å². The predicted octanol–water partition coefficient (Wildman–Crippen LogP) is 0.750. The molecule has 8 heteroatoms. The Labute approximate surface area is 124 Å². The summed E-state index contributed by atoms with van der Waals surface area (Å²) in [6, 6.07) is 6.23. The Balaban J connectivity index is 1.68. The molecule has 0 aliphatic rings. The largest absolute Gasteiger partial charge is 0.343 e. The second kappa shape index (κ2) is 6.00. The molecule has 8 nitrogen and oxygen atoms in total. The lowest BCUT2D eigenvalue weighted by molar-refractivity contribution is 0.0946. The van der Waals surface area contributed by atoms with Crippen LogP contribution in [0.4, 0.5) is 0 Å². The molecular weight excluding hydrogens is 286 g/mol. The summed E-state index contributed by atoms with van der Waals surface area (Å²) in [5, 5.41) is 6.44. The van der Waals surface area contributed by atoms with E-state index in [0.717, 1.165) is 0 Å². The van der Waals surface area contributed by atoms with Crippen LogP contribution in [0.3, 0.4) is 0 Å². The summed E-state index contributed by atoms with van der Waals surface area (Å²) >= 11 is 0. The molecular formula is C14H11N5O3. The van der Waals surface area contributed by atoms with E-state index in [1.54, 1.807) is 18.2 Å². The van der Waals surface area contributed by atoms with Crippen LogP contribution in [0, 0.1) is 0 Å². The number of hydrogen-bond acceptors (Lipinski definition) is 6. The van der Waals surface area contributed by atoms with Crippen molar-refractivity contribution in [1.82, 2.24) is 25.4 Å². The minimum absolute atomic E-state index is 0.0946. The van der Waals surface area contributed by atoms with Gasteiger partial charge in [-0.25, -0.2) is 0 Å². The Hall–Kier alpha value is -3.29. The molecule has 2 N–H and O–H groups in total. The molecule has 0 unspecified atom stereocenters. The Morgan fingerprint density at radius 2 is 2.09 bits per heavy atom. The van der Waals surface area contributed by atoms with Gasteiger partial charge >= 0.3 is 0 Å². The van der Waals surface area contributed by atoms with E-state index in [-0.39, 0.29) is 23.9 Å². The number of amides is 1. The first-order valence-corrected chi connectivity index (χ1v) is 6.42. The first kappa shape index (κ1) is 13.7. The zero-order chi connectivity index (χ0) is 15.4. The van der Waals surface area contributed by atoms with Gasteiger partial charge in [0.2, 0.25) is 17.3 Å². The first-order valence-electron chi connectivity index (χ1n) is 6.42. The van der Waals surface area contributed by atoms with Crippen LogP contribution in [-0.4, -0.2) is 26.0 Å². The molecule has 110 valence electrons. The molecule has 3 heterocycles. The molecule has 0 fully saturated rings. The lowest BCUT2D eigenvalue weighted by atomic mass is 10.2. The molecule has 0 aromatic carbocycles. The van der Waals surface area contributed by atoms with E-state index < -0.39 is 0 Å². The van der Waals surface area contributed by atoms with E-state index in [2.05, 4.69) is 25.4 Å². The lowest BCUT2D eigenvalue weighted by Crippen LogP contribution is -2.22. The van der Waals surface area contributed by atoms with Crippen LogP contribution >= 0.6 is 0 Å². The molecule has 3 rings (SSSR count). The lowest BCUT2D eigenvalue weighted by Gasteiger charge is -2.00. The quantitative estimate of drug-likeness (QED) is 0.734. The summed E-state index contributed by atoms with van der Waals surface area (Å²) in [7, 11) is 0. The second-order valence-electron chi connectivity index (χ2n) is 4.37. The number of carbonyl (C=O) groups excluding carboxylic acids is 1. The Kier molecular flexibility index (Phi) is 3.73. The van der Waals surface area contributed by atoms with Crippen molar-refractivity contribution in [3.05, 3.63) is 64.7 Å². The molecule has 1 amide bonds. The van der Waals surface area contributed by atoms with Gasteiger partial charge in [0.25, 0.3) is 5.91 Å². The maximum absolute atomic E-state index is 11.9. The average molecular weight is 297 g/mol. The molecule has 0 aliphatic heterocycles. The summed E-state index contributed by atoms with van der Waals surface area (Å²) in [6.07, 6.45) is 4.57. The molecule has 0 radical (unpaired) electrons. The Morgan fingerprint density at radius 3 is 2.86 bits per heavy atom. The highest BCUT2D eigenvalue weighted by Crippen LogP contribution is 2.12. The molecule has 0 bridgehead atoms. The fourth-order valence-corrected chi connectivity index (χ4v) is 1.79. The van der Waals surface area contributed by atoms with Crippen LogP contribution in [-0.2, 0) is 6.54 Å². The van der Waals surface area contributed by atoms with Gasteiger partial charge in [0.15, 0.2) is 0 Å². The Bertz CT molecular complexity index is 841. The van der Waals surface area contributed by atoms with Crippen molar-refractivity contribution in [2.75, 3.05) is 0 Å². The molecule has 0 spiro atoms. The van der Waals surface area contributed by atoms with Gasteiger partial charge in [-0.2, -0.15) is 4.98 Å². The molecule has 0 atom stereocenters. The topological polar surface area (TPSA) is 114 Å². The number of H-pyrrole nitrogens is 1. The second-order valence-corrected chi connectivity index (χ2v) is 4.37. The SMILES string of the molecule is O=C(NCc1nc(-c2cc[nH]c(=O)c2)no1)c1ccncc1. The standard InChI is InChI=1S/C14H11N5O3/c20-11-7-10(3-6-16-11)13-18-12(22-19-13)8-17-14(21)9-1-4-15-5-2-9/h1-7H,8H2,(H,16,20)(H,17,21). The summed E-state index contributed by atoms with van der Waals surface area (Å²) in [6.45, 7) is 0.0946. The highest BCUT2D eigenvalue weighted by Gasteiger charge is 2.11. The third-order valence-corrected chi connectivity index (χ3v) is 2.84. The molecule has 3 aromatic heterocycles. The maximum atomic E-state index is 11.9. The fourth-order valence-electron chi connectivity index (χ4n) is 1.79. The zero-order valence-corrected chi connectivity index (χ0v) is 11.3. The van der Waals surface area contributed by atoms with E-state index >= 15 is 0 Å². The number of carbonyl (C=O) groups is 1. The smallest absolute Gasteiger partial charge is 0.251 e. The Morgan fingerprint density at radius 1 is 1.27 bits per heavy atom. The number of rotatable bonds is 4. The van der Waals surface area contributed by atoms with Crippen LogP contribution in [0.1, 0.15) is 16.2 Å². The van der Waals surface area contributed by atoms with Crippen molar-refractivity contribution >= 4 is 5.91 Å². The van der Waals surface area contributed by atoms with Gasteiger partial charge in [-0.1, -0.05) is 5.16 Å². The average Bonchev–Trinajstić information content (AvgIpc) is 3.02. The van der Waals surface area contributed by atoms with Crippen molar-refractivity contribution < 1.29 is 9.32 Å². The number of hydrogen-bond donors (Lipinski definition) is 2. The van der Waals surface area contributed by atoms with Gasteiger partial charge in [-0.3, -0.25) is 14.6 Å². The van der Waals surface area contributed by atoms with Gasteiger partial charge in [0, 0.05) is 35.8 Å². The first-order chi connectivity index (χ1) is 10.7. The molecule has 0 saturated carbocycles. The molecule has 0 aliphatic carbocycles. The summed E-state index contributed by atoms with van der Waals surface area (Å²) in [5.41, 5.74) is 0.776. The van der Waals surface area contributed by atoms with Crippen molar-refractivity contribution in [3.8, 4) is 11.4 Å². The predicted molar refractivity (Wildman–Crippen MR) is 75.8 cm³/mol. The third kappa shape index (κ3) is 3.06. The van der Waals surface area contributed by atoms with Gasteiger partial charge in [0.1, 0.15) is 0 Å². The number of nitrogens with one attached hydrogen (secondary N) is 2. The maximum Gasteiger partial charge on any atom is 0.251 e. The third-order valence-electron chi connectivity index (χ3n) is 2.84. The monoisotopic (exact) mass is 297 g/mol. The number of nitrogens with zero attached hydrogens (tertiary/aromatic N) is 3. The zero-order valence-electron chi connectivity index (χ0n) is 11.3. The molecule has 0 saturated heterocycles. The van der Waals surface area contributed by atoms with Crippen LogP contribution in [0.5, 0.6) is 0 Å². The molecule has 3 aromatic rings.